The fraction of sp³-hybridized carbons (Fsp3) is 0.176. The molecule has 0 aliphatic heterocycles. The van der Waals surface area contributed by atoms with E-state index in [2.05, 4.69) is 74.1 Å². The van der Waals surface area contributed by atoms with Gasteiger partial charge in [-0.15, -0.1) is 0 Å². The molecular weight excluding hydrogens is 323 g/mol. The summed E-state index contributed by atoms with van der Waals surface area (Å²) in [5.41, 5.74) is 4.71. The Hall–Kier alpha value is -0.720. The van der Waals surface area contributed by atoms with Gasteiger partial charge in [-0.25, -0.2) is 0 Å². The number of rotatable bonds is 3. The average molecular weight is 343 g/mol. The van der Waals surface area contributed by atoms with Gasteiger partial charge >= 0.3 is 125 Å². The van der Waals surface area contributed by atoms with E-state index in [1.165, 1.54) is 5.56 Å². The van der Waals surface area contributed by atoms with Crippen LogP contribution >= 0.6 is 0 Å². The molecule has 0 N–H and O–H groups in total. The molecule has 0 fully saturated rings. The summed E-state index contributed by atoms with van der Waals surface area (Å²) in [6, 6.07) is 20.4. The van der Waals surface area contributed by atoms with Crippen LogP contribution in [0.1, 0.15) is 21.7 Å². The standard InChI is InChI=1S/C10H9.C6H5.CH5Si.Zr/c1-8-6-9-4-2-3-5-10(9)7-8;1-2-4-6-5-3-1;1-2;/h2-7H,1H3;1-5H;2H2,1H3;. The van der Waals surface area contributed by atoms with Crippen molar-refractivity contribution in [1.29, 1.82) is 0 Å². The first kappa shape index (κ1) is 13.3. The summed E-state index contributed by atoms with van der Waals surface area (Å²) in [6.07, 6.45) is 2.42. The molecule has 1 atom stereocenters. The van der Waals surface area contributed by atoms with E-state index >= 15 is 0 Å². The molecule has 3 rings (SSSR count). The Kier molecular flexibility index (Phi) is 4.00. The maximum absolute atomic E-state index is 2.52. The van der Waals surface area contributed by atoms with Gasteiger partial charge in [-0.05, 0) is 0 Å². The number of fused-ring (bicyclic) bond motifs is 1. The fourth-order valence-electron chi connectivity index (χ4n) is 3.17. The molecule has 1 unspecified atom stereocenters. The predicted octanol–water partition coefficient (Wildman–Crippen LogP) is 3.22. The third-order valence-corrected chi connectivity index (χ3v) is 21.5. The number of allylic oxidation sites excluding steroid dienone is 1. The zero-order chi connectivity index (χ0) is 13.2. The van der Waals surface area contributed by atoms with Crippen LogP contribution in [-0.4, -0.2) is 6.65 Å². The van der Waals surface area contributed by atoms with E-state index in [1.54, 1.807) is 14.4 Å². The average Bonchev–Trinajstić information content (AvgIpc) is 2.78. The van der Waals surface area contributed by atoms with Gasteiger partial charge in [0.25, 0.3) is 0 Å². The molecule has 2 aromatic carbocycles. The molecule has 95 valence electrons. The van der Waals surface area contributed by atoms with Gasteiger partial charge in [0.15, 0.2) is 0 Å². The molecule has 0 aromatic heterocycles. The third kappa shape index (κ3) is 2.49. The van der Waals surface area contributed by atoms with Crippen molar-refractivity contribution in [2.75, 3.05) is 0 Å². The normalized spacial score (nSPS) is 17.6. The summed E-state index contributed by atoms with van der Waals surface area (Å²) in [7, 11) is 0. The molecule has 19 heavy (non-hydrogen) atoms. The Labute approximate surface area is 125 Å². The first-order chi connectivity index (χ1) is 9.31. The molecule has 1 aliphatic carbocycles. The van der Waals surface area contributed by atoms with Crippen LogP contribution in [0.25, 0.3) is 6.08 Å². The first-order valence-electron chi connectivity index (χ1n) is 6.99. The van der Waals surface area contributed by atoms with Gasteiger partial charge in [-0.2, -0.15) is 0 Å². The second kappa shape index (κ2) is 5.73. The van der Waals surface area contributed by atoms with Crippen LogP contribution in [0.4, 0.5) is 0 Å². The van der Waals surface area contributed by atoms with Crippen molar-refractivity contribution < 1.29 is 20.9 Å². The molecule has 1 aliphatic rings. The van der Waals surface area contributed by atoms with Crippen molar-refractivity contribution in [1.82, 2.24) is 0 Å². The topological polar surface area (TPSA) is 0 Å². The van der Waals surface area contributed by atoms with E-state index in [-0.39, 0.29) is 6.65 Å². The quantitative estimate of drug-likeness (QED) is 0.751. The zero-order valence-corrected chi connectivity index (χ0v) is 15.4. The van der Waals surface area contributed by atoms with E-state index in [0.717, 1.165) is 3.63 Å². The summed E-state index contributed by atoms with van der Waals surface area (Å²) in [5.74, 6) is 0. The van der Waals surface area contributed by atoms with E-state index < -0.39 is 20.9 Å². The van der Waals surface area contributed by atoms with Gasteiger partial charge in [-0.3, -0.25) is 0 Å². The minimum atomic E-state index is -1.50. The molecule has 0 spiro atoms. The summed E-state index contributed by atoms with van der Waals surface area (Å²) in [6.45, 7) is 4.95. The van der Waals surface area contributed by atoms with Crippen molar-refractivity contribution in [2.24, 2.45) is 0 Å². The molecule has 0 bridgehead atoms. The Morgan fingerprint density at radius 3 is 2.37 bits per heavy atom. The van der Waals surface area contributed by atoms with E-state index in [1.807, 2.05) is 0 Å². The van der Waals surface area contributed by atoms with Gasteiger partial charge in [0, 0.05) is 0 Å². The van der Waals surface area contributed by atoms with Crippen LogP contribution in [0.2, 0.25) is 6.55 Å². The number of benzene rings is 2. The second-order valence-electron chi connectivity index (χ2n) is 5.20. The molecule has 2 aromatic rings. The van der Waals surface area contributed by atoms with Gasteiger partial charge in [-0.1, -0.05) is 0 Å². The summed E-state index contributed by atoms with van der Waals surface area (Å²) < 4.78 is 2.52. The zero-order valence-electron chi connectivity index (χ0n) is 11.6. The Balaban J connectivity index is 2.04. The van der Waals surface area contributed by atoms with Gasteiger partial charge < -0.3 is 0 Å². The van der Waals surface area contributed by atoms with Crippen molar-refractivity contribution in [2.45, 2.75) is 17.1 Å². The minimum absolute atomic E-state index is 0.0848. The molecule has 0 amide bonds. The predicted molar refractivity (Wildman–Crippen MR) is 83.3 cm³/mol. The third-order valence-electron chi connectivity index (χ3n) is 4.02. The van der Waals surface area contributed by atoms with E-state index in [9.17, 15) is 0 Å². The summed E-state index contributed by atoms with van der Waals surface area (Å²) >= 11 is -1.50. The summed E-state index contributed by atoms with van der Waals surface area (Å²) in [4.78, 5) is 0. The summed E-state index contributed by atoms with van der Waals surface area (Å²) in [5, 5.41) is 0. The fourth-order valence-corrected chi connectivity index (χ4v) is 20.1. The van der Waals surface area contributed by atoms with Crippen LogP contribution < -0.4 is 3.27 Å². The van der Waals surface area contributed by atoms with E-state index in [4.69, 9.17) is 0 Å². The molecule has 0 nitrogen and oxygen atoms in total. The van der Waals surface area contributed by atoms with Gasteiger partial charge in [0.2, 0.25) is 0 Å². The molecule has 0 radical (unpaired) electrons. The molecular formula is C17H19SiZr. The molecule has 0 saturated heterocycles. The van der Waals surface area contributed by atoms with Crippen molar-refractivity contribution in [3.05, 3.63) is 71.3 Å². The number of hydrogen-bond acceptors (Lipinski definition) is 0. The Bertz CT molecular complexity index is 604. The van der Waals surface area contributed by atoms with Crippen LogP contribution in [0, 0.1) is 0 Å². The number of hydrogen-bond donors (Lipinski definition) is 0. The SMILES string of the molecule is C[SiH2][Zr]([c]1ccccc1)[CH]1C(C)=Cc2ccccc21. The Morgan fingerprint density at radius 2 is 1.63 bits per heavy atom. The molecule has 0 heterocycles. The van der Waals surface area contributed by atoms with Gasteiger partial charge in [0.1, 0.15) is 0 Å². The van der Waals surface area contributed by atoms with Crippen LogP contribution in [0.15, 0.2) is 60.2 Å². The maximum atomic E-state index is 2.52. The van der Waals surface area contributed by atoms with E-state index in [0.29, 0.717) is 0 Å². The first-order valence-corrected chi connectivity index (χ1v) is 17.0. The molecule has 0 saturated carbocycles. The van der Waals surface area contributed by atoms with Crippen molar-refractivity contribution in [3.8, 4) is 0 Å². The Morgan fingerprint density at radius 1 is 0.947 bits per heavy atom. The van der Waals surface area contributed by atoms with Crippen molar-refractivity contribution >= 4 is 16.0 Å². The molecule has 2 heteroatoms. The van der Waals surface area contributed by atoms with Crippen LogP contribution in [0.3, 0.4) is 0 Å². The van der Waals surface area contributed by atoms with Crippen molar-refractivity contribution in [3.63, 3.8) is 0 Å². The second-order valence-corrected chi connectivity index (χ2v) is 21.0. The van der Waals surface area contributed by atoms with Crippen LogP contribution in [-0.2, 0) is 20.9 Å². The monoisotopic (exact) mass is 341 g/mol. The van der Waals surface area contributed by atoms with Crippen LogP contribution in [0.5, 0.6) is 0 Å². The van der Waals surface area contributed by atoms with Gasteiger partial charge in [0.05, 0.1) is 0 Å².